The summed E-state index contributed by atoms with van der Waals surface area (Å²) >= 11 is 0. The molecule has 0 aliphatic carbocycles. The smallest absolute Gasteiger partial charge is 0.115 e. The Bertz CT molecular complexity index is 832. The van der Waals surface area contributed by atoms with Crippen molar-refractivity contribution in [3.05, 3.63) is 71.8 Å². The summed E-state index contributed by atoms with van der Waals surface area (Å²) in [6.45, 7) is 0. The maximum Gasteiger partial charge on any atom is 0.115 e. The summed E-state index contributed by atoms with van der Waals surface area (Å²) in [6, 6.07) is 19.6. The van der Waals surface area contributed by atoms with Crippen molar-refractivity contribution >= 4 is 28.2 Å². The molecule has 0 atom stereocenters. The molecule has 1 N–H and O–H groups in total. The average molecular weight is 258 g/mol. The van der Waals surface area contributed by atoms with E-state index in [0.29, 0.717) is 0 Å². The van der Waals surface area contributed by atoms with E-state index in [-0.39, 0.29) is 5.75 Å². The Morgan fingerprint density at radius 1 is 0.800 bits per heavy atom. The zero-order valence-electron chi connectivity index (χ0n) is 10.7. The van der Waals surface area contributed by atoms with Crippen molar-refractivity contribution in [2.45, 2.75) is 0 Å². The van der Waals surface area contributed by atoms with Crippen LogP contribution in [0.3, 0.4) is 0 Å². The van der Waals surface area contributed by atoms with Crippen molar-refractivity contribution in [2.75, 3.05) is 0 Å². The second kappa shape index (κ2) is 4.14. The fraction of sp³-hybridized carbons (Fsp3) is 0. The molecule has 95 valence electrons. The summed E-state index contributed by atoms with van der Waals surface area (Å²) in [4.78, 5) is 0. The highest BCUT2D eigenvalue weighted by atomic mass is 16.3. The normalized spacial score (nSPS) is 12.9. The van der Waals surface area contributed by atoms with Gasteiger partial charge in [-0.15, -0.1) is 0 Å². The standard InChI is InChI=1S/C18H12NO/c20-14-8-5-13(6-9-14)18-11-16-15-4-2-1-3-12(15)7-10-17(16)19-18/h1-11,20H. The number of fused-ring (bicyclic) bond motifs is 3. The zero-order valence-corrected chi connectivity index (χ0v) is 10.7. The van der Waals surface area contributed by atoms with Crippen LogP contribution in [-0.2, 0) is 0 Å². The molecule has 2 nitrogen and oxygen atoms in total. The summed E-state index contributed by atoms with van der Waals surface area (Å²) in [7, 11) is 0. The van der Waals surface area contributed by atoms with Crippen molar-refractivity contribution in [3.63, 3.8) is 0 Å². The lowest BCUT2D eigenvalue weighted by atomic mass is 10.0. The van der Waals surface area contributed by atoms with E-state index < -0.39 is 0 Å². The van der Waals surface area contributed by atoms with Crippen molar-refractivity contribution < 1.29 is 5.11 Å². The highest BCUT2D eigenvalue weighted by Gasteiger charge is 2.17. The van der Waals surface area contributed by atoms with Gasteiger partial charge in [-0.2, -0.15) is 0 Å². The fourth-order valence-electron chi connectivity index (χ4n) is 2.61. The van der Waals surface area contributed by atoms with Gasteiger partial charge in [0.1, 0.15) is 5.75 Å². The van der Waals surface area contributed by atoms with Crippen molar-refractivity contribution in [1.82, 2.24) is 5.32 Å². The topological polar surface area (TPSA) is 34.3 Å². The van der Waals surface area contributed by atoms with Crippen LogP contribution in [0.5, 0.6) is 5.75 Å². The minimum absolute atomic E-state index is 0.273. The van der Waals surface area contributed by atoms with Crippen molar-refractivity contribution in [1.29, 1.82) is 0 Å². The van der Waals surface area contributed by atoms with Crippen LogP contribution >= 0.6 is 0 Å². The van der Waals surface area contributed by atoms with Crippen LogP contribution in [0, 0.1) is 0 Å². The second-order valence-corrected chi connectivity index (χ2v) is 4.91. The summed E-state index contributed by atoms with van der Waals surface area (Å²) in [5.41, 5.74) is 4.14. The molecule has 0 aromatic heterocycles. The second-order valence-electron chi connectivity index (χ2n) is 4.91. The van der Waals surface area contributed by atoms with Crippen LogP contribution in [0.15, 0.2) is 60.7 Å². The lowest BCUT2D eigenvalue weighted by molar-refractivity contribution is 0.475. The molecule has 2 heteroatoms. The van der Waals surface area contributed by atoms with Crippen LogP contribution in [0.1, 0.15) is 11.1 Å². The number of phenolic OH excluding ortho intramolecular Hbond substituents is 1. The van der Waals surface area contributed by atoms with E-state index >= 15 is 0 Å². The Balaban J connectivity index is 1.86. The Morgan fingerprint density at radius 2 is 1.60 bits per heavy atom. The van der Waals surface area contributed by atoms with Gasteiger partial charge < -0.3 is 5.11 Å². The molecule has 1 heterocycles. The first-order chi connectivity index (χ1) is 9.81. The third kappa shape index (κ3) is 1.66. The lowest BCUT2D eigenvalue weighted by Gasteiger charge is -2.04. The van der Waals surface area contributed by atoms with Crippen LogP contribution in [0.2, 0.25) is 0 Å². The van der Waals surface area contributed by atoms with Gasteiger partial charge in [0.15, 0.2) is 0 Å². The molecule has 0 bridgehead atoms. The molecule has 1 aliphatic rings. The van der Waals surface area contributed by atoms with Crippen molar-refractivity contribution in [2.24, 2.45) is 0 Å². The minimum atomic E-state index is 0.273. The van der Waals surface area contributed by atoms with Gasteiger partial charge in [0, 0.05) is 11.1 Å². The van der Waals surface area contributed by atoms with E-state index in [9.17, 15) is 5.11 Å². The van der Waals surface area contributed by atoms with Gasteiger partial charge in [-0.25, -0.2) is 5.32 Å². The molecule has 20 heavy (non-hydrogen) atoms. The molecule has 3 aromatic rings. The molecular formula is C18H12NO. The summed E-state index contributed by atoms with van der Waals surface area (Å²) in [5.74, 6) is 0.273. The molecule has 0 spiro atoms. The SMILES string of the molecule is Oc1ccc(C2=Cc3c(ccc4ccccc34)[N]2)cc1. The quantitative estimate of drug-likeness (QED) is 0.694. The minimum Gasteiger partial charge on any atom is -0.508 e. The fourth-order valence-corrected chi connectivity index (χ4v) is 2.61. The molecule has 3 aromatic carbocycles. The molecule has 1 aliphatic heterocycles. The Labute approximate surface area is 117 Å². The first-order valence-electron chi connectivity index (χ1n) is 6.56. The molecule has 0 saturated carbocycles. The highest BCUT2D eigenvalue weighted by molar-refractivity contribution is 6.03. The Morgan fingerprint density at radius 3 is 2.45 bits per heavy atom. The number of nitrogens with zero attached hydrogens (tertiary/aromatic N) is 1. The molecule has 0 unspecified atom stereocenters. The van der Waals surface area contributed by atoms with Gasteiger partial charge >= 0.3 is 0 Å². The molecule has 0 amide bonds. The number of aromatic hydroxyl groups is 1. The molecular weight excluding hydrogens is 246 g/mol. The number of hydrogen-bond acceptors (Lipinski definition) is 1. The Kier molecular flexibility index (Phi) is 2.30. The van der Waals surface area contributed by atoms with Gasteiger partial charge in [0.25, 0.3) is 0 Å². The maximum absolute atomic E-state index is 9.36. The predicted octanol–water partition coefficient (Wildman–Crippen LogP) is 4.29. The van der Waals surface area contributed by atoms with E-state index in [1.807, 2.05) is 18.2 Å². The maximum atomic E-state index is 9.36. The molecule has 1 radical (unpaired) electrons. The van der Waals surface area contributed by atoms with Crippen LogP contribution in [0.4, 0.5) is 5.69 Å². The first-order valence-corrected chi connectivity index (χ1v) is 6.56. The zero-order chi connectivity index (χ0) is 13.5. The number of benzene rings is 3. The molecule has 4 rings (SSSR count). The van der Waals surface area contributed by atoms with Gasteiger partial charge in [0.2, 0.25) is 0 Å². The number of phenols is 1. The van der Waals surface area contributed by atoms with E-state index in [1.165, 1.54) is 16.3 Å². The first kappa shape index (κ1) is 11.1. The Hall–Kier alpha value is -2.74. The van der Waals surface area contributed by atoms with E-state index in [4.69, 9.17) is 0 Å². The summed E-state index contributed by atoms with van der Waals surface area (Å²) in [6.07, 6.45) is 2.12. The third-order valence-corrected chi connectivity index (χ3v) is 3.63. The van der Waals surface area contributed by atoms with Crippen LogP contribution in [-0.4, -0.2) is 5.11 Å². The number of hydrogen-bond donors (Lipinski definition) is 1. The predicted molar refractivity (Wildman–Crippen MR) is 81.7 cm³/mol. The highest BCUT2D eigenvalue weighted by Crippen LogP contribution is 2.37. The lowest BCUT2D eigenvalue weighted by Crippen LogP contribution is -1.91. The largest absolute Gasteiger partial charge is 0.508 e. The van der Waals surface area contributed by atoms with Crippen molar-refractivity contribution in [3.8, 4) is 5.75 Å². The van der Waals surface area contributed by atoms with Gasteiger partial charge in [-0.3, -0.25) is 0 Å². The van der Waals surface area contributed by atoms with E-state index in [0.717, 1.165) is 16.9 Å². The molecule has 0 saturated heterocycles. The van der Waals surface area contributed by atoms with Gasteiger partial charge in [-0.05, 0) is 47.2 Å². The van der Waals surface area contributed by atoms with E-state index in [2.05, 4.69) is 41.7 Å². The summed E-state index contributed by atoms with van der Waals surface area (Å²) in [5, 5.41) is 16.5. The number of rotatable bonds is 1. The van der Waals surface area contributed by atoms with Gasteiger partial charge in [-0.1, -0.05) is 30.3 Å². The van der Waals surface area contributed by atoms with E-state index in [1.54, 1.807) is 12.1 Å². The van der Waals surface area contributed by atoms with Crippen LogP contribution < -0.4 is 5.32 Å². The molecule has 0 fully saturated rings. The monoisotopic (exact) mass is 258 g/mol. The average Bonchev–Trinajstić information content (AvgIpc) is 2.92. The van der Waals surface area contributed by atoms with Crippen LogP contribution in [0.25, 0.3) is 22.5 Å². The van der Waals surface area contributed by atoms with Gasteiger partial charge in [0.05, 0.1) is 11.4 Å². The summed E-state index contributed by atoms with van der Waals surface area (Å²) < 4.78 is 0. The third-order valence-electron chi connectivity index (χ3n) is 3.63.